The molecule has 1 aromatic carbocycles. The quantitative estimate of drug-likeness (QED) is 0.139. The molecular weight excluding hydrogens is 791 g/mol. The third-order valence-corrected chi connectivity index (χ3v) is 11.1. The van der Waals surface area contributed by atoms with Gasteiger partial charge in [-0.25, -0.2) is 9.59 Å². The van der Waals surface area contributed by atoms with Crippen LogP contribution in [-0.4, -0.2) is 151 Å². The molecule has 342 valence electrons. The van der Waals surface area contributed by atoms with Crippen LogP contribution in [0.5, 0.6) is 0 Å². The van der Waals surface area contributed by atoms with Crippen LogP contribution in [0.25, 0.3) is 0 Å². The molecule has 0 aromatic heterocycles. The Morgan fingerprint density at radius 3 is 1.88 bits per heavy atom. The van der Waals surface area contributed by atoms with Crippen LogP contribution in [-0.2, 0) is 44.7 Å². The zero-order chi connectivity index (χ0) is 46.2. The van der Waals surface area contributed by atoms with Crippen molar-refractivity contribution < 1.29 is 61.6 Å². The van der Waals surface area contributed by atoms with Crippen LogP contribution < -0.4 is 10.6 Å². The van der Waals surface area contributed by atoms with Gasteiger partial charge in [-0.2, -0.15) is 13.2 Å². The van der Waals surface area contributed by atoms with Crippen LogP contribution in [0.4, 0.5) is 13.2 Å². The van der Waals surface area contributed by atoms with Gasteiger partial charge in [0.2, 0.25) is 23.6 Å². The smallest absolute Gasteiger partial charge is 0.480 e. The Morgan fingerprint density at radius 1 is 0.883 bits per heavy atom. The van der Waals surface area contributed by atoms with Crippen LogP contribution in [0.3, 0.4) is 0 Å². The summed E-state index contributed by atoms with van der Waals surface area (Å²) < 4.78 is 43.6. The predicted molar refractivity (Wildman–Crippen MR) is 219 cm³/mol. The van der Waals surface area contributed by atoms with E-state index in [1.807, 2.05) is 90.9 Å². The van der Waals surface area contributed by atoms with Crippen LogP contribution in [0, 0.1) is 23.7 Å². The molecule has 9 atom stereocenters. The predicted octanol–water partition coefficient (Wildman–Crippen LogP) is 4.08. The summed E-state index contributed by atoms with van der Waals surface area (Å²) in [7, 11) is 8.44. The van der Waals surface area contributed by atoms with E-state index >= 15 is 0 Å². The lowest BCUT2D eigenvalue weighted by Crippen LogP contribution is -2.59. The van der Waals surface area contributed by atoms with Crippen molar-refractivity contribution in [2.24, 2.45) is 23.7 Å². The Labute approximate surface area is 352 Å². The van der Waals surface area contributed by atoms with E-state index in [0.717, 1.165) is 12.0 Å². The Morgan fingerprint density at radius 2 is 1.45 bits per heavy atom. The van der Waals surface area contributed by atoms with Gasteiger partial charge < -0.3 is 40.1 Å². The molecule has 4 amide bonds. The number of likely N-dealkylation sites (tertiary alicyclic amines) is 1. The molecule has 18 heteroatoms. The fourth-order valence-electron chi connectivity index (χ4n) is 7.76. The number of methoxy groups -OCH3 is 2. The summed E-state index contributed by atoms with van der Waals surface area (Å²) in [6.45, 7) is 13.9. The molecule has 2 rings (SSSR count). The number of halogens is 3. The van der Waals surface area contributed by atoms with Gasteiger partial charge in [-0.1, -0.05) is 85.2 Å². The fourth-order valence-corrected chi connectivity index (χ4v) is 7.76. The van der Waals surface area contributed by atoms with Crippen molar-refractivity contribution in [2.75, 3.05) is 41.9 Å². The largest absolute Gasteiger partial charge is 0.490 e. The second-order valence-corrected chi connectivity index (χ2v) is 16.4. The standard InChI is InChI=1S/C40H67N5O8.C2HF3O2/c1-13-26(6)35(44(10)39(49)33(24(2)3)42-38(48)34(25(4)5)43(8)9)31(52-11)23-32(46)45-21-17-20-30(45)36(53-12)27(7)37(47)41-29(40(50)51)22-28-18-15-14-16-19-28;3-2(4,5)1(6)7/h14-16,18-19,24-27,29-31,33-36H,13,17,20-23H2,1-12H3,(H,41,47)(H,42,48)(H,50,51);(H,6,7)/t26-,27+,29-,30-,31+,33-,34-,35-,36+;/m0./s1. The van der Waals surface area contributed by atoms with E-state index in [2.05, 4.69) is 10.6 Å². The number of hydrogen-bond donors (Lipinski definition) is 4. The number of amides is 4. The highest BCUT2D eigenvalue weighted by molar-refractivity contribution is 5.90. The maximum Gasteiger partial charge on any atom is 0.490 e. The lowest BCUT2D eigenvalue weighted by atomic mass is 9.89. The van der Waals surface area contributed by atoms with Gasteiger partial charge in [0.15, 0.2) is 0 Å². The van der Waals surface area contributed by atoms with Crippen LogP contribution in [0.2, 0.25) is 0 Å². The molecule has 0 radical (unpaired) electrons. The summed E-state index contributed by atoms with van der Waals surface area (Å²) in [5.74, 6) is -5.96. The summed E-state index contributed by atoms with van der Waals surface area (Å²) in [5, 5.41) is 22.7. The average molecular weight is 860 g/mol. The number of nitrogens with one attached hydrogen (secondary N) is 2. The number of aliphatic carboxylic acids is 2. The summed E-state index contributed by atoms with van der Waals surface area (Å²) in [4.78, 5) is 81.4. The van der Waals surface area contributed by atoms with Gasteiger partial charge in [-0.3, -0.25) is 24.1 Å². The zero-order valence-corrected chi connectivity index (χ0v) is 37.1. The van der Waals surface area contributed by atoms with Gasteiger partial charge >= 0.3 is 18.1 Å². The number of benzene rings is 1. The van der Waals surface area contributed by atoms with Crippen LogP contribution in [0.1, 0.15) is 79.7 Å². The maximum absolute atomic E-state index is 14.2. The minimum absolute atomic E-state index is 0.0104. The Balaban J connectivity index is 0.00000235. The number of carbonyl (C=O) groups is 6. The highest BCUT2D eigenvalue weighted by Gasteiger charge is 2.43. The minimum atomic E-state index is -5.08. The molecule has 1 heterocycles. The average Bonchev–Trinajstić information content (AvgIpc) is 3.65. The number of rotatable bonds is 21. The number of alkyl halides is 3. The second-order valence-electron chi connectivity index (χ2n) is 16.4. The lowest BCUT2D eigenvalue weighted by Gasteiger charge is -2.41. The summed E-state index contributed by atoms with van der Waals surface area (Å²) in [6, 6.07) is 5.89. The number of nitrogens with zero attached hydrogens (tertiary/aromatic N) is 3. The fraction of sp³-hybridized carbons (Fsp3) is 0.714. The second kappa shape index (κ2) is 24.8. The molecule has 1 saturated heterocycles. The molecule has 0 bridgehead atoms. The molecule has 1 aliphatic rings. The molecule has 1 aromatic rings. The van der Waals surface area contributed by atoms with E-state index in [0.29, 0.717) is 19.4 Å². The Bertz CT molecular complexity index is 1540. The third-order valence-electron chi connectivity index (χ3n) is 11.1. The molecule has 15 nitrogen and oxygen atoms in total. The minimum Gasteiger partial charge on any atom is -0.480 e. The van der Waals surface area contributed by atoms with Gasteiger partial charge in [0.25, 0.3) is 0 Å². The molecule has 0 saturated carbocycles. The monoisotopic (exact) mass is 859 g/mol. The van der Waals surface area contributed by atoms with E-state index in [1.165, 1.54) is 14.2 Å². The van der Waals surface area contributed by atoms with Gasteiger partial charge in [-0.15, -0.1) is 0 Å². The first-order valence-corrected chi connectivity index (χ1v) is 20.3. The summed E-state index contributed by atoms with van der Waals surface area (Å²) in [6.07, 6.45) is -4.26. The van der Waals surface area contributed by atoms with Crippen molar-refractivity contribution in [3.05, 3.63) is 35.9 Å². The number of ether oxygens (including phenoxy) is 2. The molecular formula is C42H68F3N5O10. The van der Waals surface area contributed by atoms with E-state index in [4.69, 9.17) is 19.4 Å². The number of carboxylic acids is 2. The van der Waals surface area contributed by atoms with Crippen molar-refractivity contribution in [1.82, 2.24) is 25.3 Å². The van der Waals surface area contributed by atoms with Crippen molar-refractivity contribution in [1.29, 1.82) is 0 Å². The number of carboxylic acid groups (broad SMARTS) is 2. The first-order chi connectivity index (χ1) is 27.8. The van der Waals surface area contributed by atoms with Crippen molar-refractivity contribution in [3.8, 4) is 0 Å². The van der Waals surface area contributed by atoms with Crippen molar-refractivity contribution >= 4 is 35.6 Å². The molecule has 0 aliphatic carbocycles. The van der Waals surface area contributed by atoms with E-state index in [9.17, 15) is 42.3 Å². The van der Waals surface area contributed by atoms with Crippen LogP contribution >= 0.6 is 0 Å². The van der Waals surface area contributed by atoms with Crippen molar-refractivity contribution in [2.45, 2.75) is 129 Å². The van der Waals surface area contributed by atoms with E-state index in [1.54, 1.807) is 23.8 Å². The van der Waals surface area contributed by atoms with E-state index in [-0.39, 0.29) is 48.3 Å². The number of hydrogen-bond acceptors (Lipinski definition) is 9. The number of likely N-dealkylation sites (N-methyl/N-ethyl adjacent to an activating group) is 2. The molecule has 0 unspecified atom stereocenters. The Hall–Kier alpha value is -4.29. The topological polar surface area (TPSA) is 195 Å². The number of carbonyl (C=O) groups excluding carboxylic acids is 4. The summed E-state index contributed by atoms with van der Waals surface area (Å²) >= 11 is 0. The van der Waals surface area contributed by atoms with Gasteiger partial charge in [0.1, 0.15) is 12.1 Å². The lowest BCUT2D eigenvalue weighted by molar-refractivity contribution is -0.192. The zero-order valence-electron chi connectivity index (χ0n) is 37.1. The molecule has 4 N–H and O–H groups in total. The third kappa shape index (κ3) is 15.6. The van der Waals surface area contributed by atoms with E-state index < -0.39 is 72.4 Å². The van der Waals surface area contributed by atoms with Gasteiger partial charge in [-0.05, 0) is 50.3 Å². The van der Waals surface area contributed by atoms with Crippen molar-refractivity contribution in [3.63, 3.8) is 0 Å². The van der Waals surface area contributed by atoms with Gasteiger partial charge in [0.05, 0.1) is 42.7 Å². The molecule has 1 aliphatic heterocycles. The maximum atomic E-state index is 14.2. The van der Waals surface area contributed by atoms with Gasteiger partial charge in [0, 0.05) is 34.2 Å². The first-order valence-electron chi connectivity index (χ1n) is 20.3. The highest BCUT2D eigenvalue weighted by Crippen LogP contribution is 2.30. The summed E-state index contributed by atoms with van der Waals surface area (Å²) in [5.41, 5.74) is 0.785. The molecule has 1 fully saturated rings. The first kappa shape index (κ1) is 53.7. The van der Waals surface area contributed by atoms with Crippen LogP contribution in [0.15, 0.2) is 30.3 Å². The normalized spacial score (nSPS) is 18.3. The molecule has 60 heavy (non-hydrogen) atoms. The SMILES string of the molecule is CC[C@H](C)[C@@H]([C@@H](CC(=O)N1CCC[C@H]1[C@H](OC)[C@@H](C)C(=O)N[C@@H](Cc1ccccc1)C(=O)O)OC)N(C)C(=O)[C@@H](NC(=O)[C@H](C(C)C)N(C)C)C(C)C.O=C(O)C(F)(F)F. The molecule has 0 spiro atoms. The Kier molecular flexibility index (Phi) is 22.2. The highest BCUT2D eigenvalue weighted by atomic mass is 19.4.